The second kappa shape index (κ2) is 6.16. The first-order valence-electron chi connectivity index (χ1n) is 7.56. The van der Waals surface area contributed by atoms with Crippen LogP contribution in [0.3, 0.4) is 0 Å². The maximum absolute atomic E-state index is 4.73. The quantitative estimate of drug-likeness (QED) is 0.883. The second-order valence-electron chi connectivity index (χ2n) is 6.09. The summed E-state index contributed by atoms with van der Waals surface area (Å²) in [6.07, 6.45) is 2.65. The fourth-order valence-corrected chi connectivity index (χ4v) is 3.26. The van der Waals surface area contributed by atoms with Crippen LogP contribution in [0.4, 0.5) is 5.69 Å². The van der Waals surface area contributed by atoms with E-state index in [9.17, 15) is 0 Å². The zero-order valence-electron chi connectivity index (χ0n) is 13.0. The van der Waals surface area contributed by atoms with Gasteiger partial charge in [0.25, 0.3) is 0 Å². The van der Waals surface area contributed by atoms with Gasteiger partial charge in [0, 0.05) is 30.7 Å². The number of aromatic nitrogens is 1. The lowest BCUT2D eigenvalue weighted by atomic mass is 10.1. The van der Waals surface area contributed by atoms with Crippen molar-refractivity contribution >= 4 is 17.0 Å². The van der Waals surface area contributed by atoms with Crippen molar-refractivity contribution in [3.05, 3.63) is 45.4 Å². The van der Waals surface area contributed by atoms with E-state index in [-0.39, 0.29) is 0 Å². The standard InChI is InChI=1S/C17H23N3S/c1-12-6-13(2)8-16(7-12)20(3)10-15-11-21-17(19-15)9-18-14-4-5-14/h6-8,11,14,18H,4-5,9-10H2,1-3H3. The Morgan fingerprint density at radius 1 is 1.24 bits per heavy atom. The Hall–Kier alpha value is -1.39. The zero-order valence-corrected chi connectivity index (χ0v) is 13.8. The molecular formula is C17H23N3S. The third-order valence-corrected chi connectivity index (χ3v) is 4.66. The predicted molar refractivity (Wildman–Crippen MR) is 90.0 cm³/mol. The van der Waals surface area contributed by atoms with Crippen LogP contribution < -0.4 is 10.2 Å². The number of benzene rings is 1. The summed E-state index contributed by atoms with van der Waals surface area (Å²) < 4.78 is 0. The number of hydrogen-bond donors (Lipinski definition) is 1. The molecule has 1 aliphatic carbocycles. The second-order valence-corrected chi connectivity index (χ2v) is 7.03. The van der Waals surface area contributed by atoms with Gasteiger partial charge in [-0.3, -0.25) is 0 Å². The lowest BCUT2D eigenvalue weighted by Crippen LogP contribution is -2.17. The van der Waals surface area contributed by atoms with E-state index in [1.165, 1.54) is 34.7 Å². The molecule has 0 saturated heterocycles. The minimum Gasteiger partial charge on any atom is -0.369 e. The number of aryl methyl sites for hydroxylation is 2. The van der Waals surface area contributed by atoms with Crippen molar-refractivity contribution in [1.82, 2.24) is 10.3 Å². The van der Waals surface area contributed by atoms with Crippen molar-refractivity contribution in [2.24, 2.45) is 0 Å². The third kappa shape index (κ3) is 4.05. The molecule has 1 aromatic carbocycles. The molecule has 3 nitrogen and oxygen atoms in total. The molecule has 1 aromatic heterocycles. The van der Waals surface area contributed by atoms with Crippen molar-refractivity contribution in [3.8, 4) is 0 Å². The van der Waals surface area contributed by atoms with E-state index in [2.05, 4.69) is 54.7 Å². The highest BCUT2D eigenvalue weighted by atomic mass is 32.1. The topological polar surface area (TPSA) is 28.2 Å². The molecule has 2 aromatic rings. The van der Waals surface area contributed by atoms with E-state index < -0.39 is 0 Å². The van der Waals surface area contributed by atoms with E-state index in [0.29, 0.717) is 0 Å². The van der Waals surface area contributed by atoms with E-state index in [1.54, 1.807) is 11.3 Å². The molecule has 21 heavy (non-hydrogen) atoms. The lowest BCUT2D eigenvalue weighted by Gasteiger charge is -2.19. The van der Waals surface area contributed by atoms with Gasteiger partial charge in [-0.25, -0.2) is 4.98 Å². The minimum atomic E-state index is 0.746. The Bertz CT molecular complexity index is 596. The van der Waals surface area contributed by atoms with Gasteiger partial charge in [-0.2, -0.15) is 0 Å². The number of anilines is 1. The molecule has 1 heterocycles. The first kappa shape index (κ1) is 14.5. The number of hydrogen-bond acceptors (Lipinski definition) is 4. The van der Waals surface area contributed by atoms with Crippen LogP contribution in [0, 0.1) is 13.8 Å². The van der Waals surface area contributed by atoms with Crippen molar-refractivity contribution in [2.45, 2.75) is 45.8 Å². The molecule has 0 bridgehead atoms. The summed E-state index contributed by atoms with van der Waals surface area (Å²) in [5, 5.41) is 6.90. The van der Waals surface area contributed by atoms with Crippen molar-refractivity contribution in [3.63, 3.8) is 0 Å². The third-order valence-electron chi connectivity index (χ3n) is 3.77. The fourth-order valence-electron chi connectivity index (χ4n) is 2.53. The van der Waals surface area contributed by atoms with Crippen LogP contribution in [0.2, 0.25) is 0 Å². The van der Waals surface area contributed by atoms with E-state index in [4.69, 9.17) is 4.98 Å². The van der Waals surface area contributed by atoms with E-state index in [1.807, 2.05) is 0 Å². The highest BCUT2D eigenvalue weighted by molar-refractivity contribution is 7.09. The number of rotatable bonds is 6. The number of nitrogens with one attached hydrogen (secondary N) is 1. The summed E-state index contributed by atoms with van der Waals surface area (Å²) in [4.78, 5) is 7.01. The molecule has 0 unspecified atom stereocenters. The molecule has 1 saturated carbocycles. The smallest absolute Gasteiger partial charge is 0.107 e. The average Bonchev–Trinajstić information content (AvgIpc) is 3.15. The monoisotopic (exact) mass is 301 g/mol. The largest absolute Gasteiger partial charge is 0.369 e. The van der Waals surface area contributed by atoms with Gasteiger partial charge in [-0.1, -0.05) is 6.07 Å². The Labute approximate surface area is 131 Å². The van der Waals surface area contributed by atoms with E-state index >= 15 is 0 Å². The van der Waals surface area contributed by atoms with Crippen LogP contribution in [0.5, 0.6) is 0 Å². The SMILES string of the molecule is Cc1cc(C)cc(N(C)Cc2csc(CNC3CC3)n2)c1. The normalized spacial score (nSPS) is 14.4. The lowest BCUT2D eigenvalue weighted by molar-refractivity contribution is 0.682. The Kier molecular flexibility index (Phi) is 4.27. The van der Waals surface area contributed by atoms with Crippen LogP contribution in [0.1, 0.15) is 34.7 Å². The van der Waals surface area contributed by atoms with Crippen molar-refractivity contribution < 1.29 is 0 Å². The minimum absolute atomic E-state index is 0.746. The summed E-state index contributed by atoms with van der Waals surface area (Å²) >= 11 is 1.76. The van der Waals surface area contributed by atoms with Crippen molar-refractivity contribution in [2.75, 3.05) is 11.9 Å². The van der Waals surface area contributed by atoms with Gasteiger partial charge in [0.15, 0.2) is 0 Å². The van der Waals surface area contributed by atoms with Gasteiger partial charge in [-0.05, 0) is 49.9 Å². The van der Waals surface area contributed by atoms with Crippen LogP contribution in [0.25, 0.3) is 0 Å². The summed E-state index contributed by atoms with van der Waals surface area (Å²) in [6.45, 7) is 6.08. The van der Waals surface area contributed by atoms with Gasteiger partial charge in [0.1, 0.15) is 5.01 Å². The first-order valence-corrected chi connectivity index (χ1v) is 8.44. The molecule has 112 valence electrons. The molecular weight excluding hydrogens is 278 g/mol. The number of nitrogens with zero attached hydrogens (tertiary/aromatic N) is 2. The van der Waals surface area contributed by atoms with Gasteiger partial charge in [0.2, 0.25) is 0 Å². The molecule has 1 fully saturated rings. The molecule has 0 radical (unpaired) electrons. The molecule has 0 amide bonds. The summed E-state index contributed by atoms with van der Waals surface area (Å²) in [7, 11) is 2.13. The summed E-state index contributed by atoms with van der Waals surface area (Å²) in [6, 6.07) is 7.42. The van der Waals surface area contributed by atoms with Crippen LogP contribution >= 0.6 is 11.3 Å². The van der Waals surface area contributed by atoms with Crippen LogP contribution in [-0.2, 0) is 13.1 Å². The molecule has 1 N–H and O–H groups in total. The zero-order chi connectivity index (χ0) is 14.8. The summed E-state index contributed by atoms with van der Waals surface area (Å²) in [5.41, 5.74) is 5.04. The van der Waals surface area contributed by atoms with Crippen LogP contribution in [-0.4, -0.2) is 18.1 Å². The first-order chi connectivity index (χ1) is 10.1. The van der Waals surface area contributed by atoms with Gasteiger partial charge in [-0.15, -0.1) is 11.3 Å². The molecule has 0 atom stereocenters. The maximum Gasteiger partial charge on any atom is 0.107 e. The van der Waals surface area contributed by atoms with Gasteiger partial charge in [0.05, 0.1) is 12.2 Å². The molecule has 3 rings (SSSR count). The molecule has 0 aliphatic heterocycles. The summed E-state index contributed by atoms with van der Waals surface area (Å²) in [5.74, 6) is 0. The molecule has 0 spiro atoms. The Balaban J connectivity index is 1.61. The van der Waals surface area contributed by atoms with Gasteiger partial charge >= 0.3 is 0 Å². The number of thiazole rings is 1. The highest BCUT2D eigenvalue weighted by Gasteiger charge is 2.20. The van der Waals surface area contributed by atoms with Crippen LogP contribution in [0.15, 0.2) is 23.6 Å². The average molecular weight is 301 g/mol. The van der Waals surface area contributed by atoms with Gasteiger partial charge < -0.3 is 10.2 Å². The highest BCUT2D eigenvalue weighted by Crippen LogP contribution is 2.22. The fraction of sp³-hybridized carbons (Fsp3) is 0.471. The predicted octanol–water partition coefficient (Wildman–Crippen LogP) is 3.65. The Morgan fingerprint density at radius 2 is 1.95 bits per heavy atom. The molecule has 1 aliphatic rings. The van der Waals surface area contributed by atoms with E-state index in [0.717, 1.165) is 24.8 Å². The Morgan fingerprint density at radius 3 is 2.62 bits per heavy atom. The maximum atomic E-state index is 4.73. The van der Waals surface area contributed by atoms with Crippen molar-refractivity contribution in [1.29, 1.82) is 0 Å². The molecule has 4 heteroatoms.